The maximum atomic E-state index is 5.91. The molecule has 0 heterocycles. The molecule has 1 aliphatic carbocycles. The molecule has 0 aliphatic heterocycles. The van der Waals surface area contributed by atoms with Crippen LogP contribution in [0.2, 0.25) is 0 Å². The van der Waals surface area contributed by atoms with Gasteiger partial charge in [-0.05, 0) is 30.9 Å². The minimum absolute atomic E-state index is 0.653. The van der Waals surface area contributed by atoms with Crippen LogP contribution in [0.1, 0.15) is 32.1 Å². The summed E-state index contributed by atoms with van der Waals surface area (Å²) < 4.78 is 10.9. The van der Waals surface area contributed by atoms with Crippen LogP contribution in [0.4, 0.5) is 5.69 Å². The number of nitrogen functional groups attached to an aromatic ring is 1. The van der Waals surface area contributed by atoms with Crippen molar-refractivity contribution in [2.75, 3.05) is 19.5 Å². The first-order valence-corrected chi connectivity index (χ1v) is 6.36. The Bertz CT molecular complexity index is 359. The zero-order valence-corrected chi connectivity index (χ0v) is 10.4. The van der Waals surface area contributed by atoms with Gasteiger partial charge >= 0.3 is 0 Å². The number of rotatable bonds is 4. The van der Waals surface area contributed by atoms with Crippen LogP contribution in [0.15, 0.2) is 18.2 Å². The van der Waals surface area contributed by atoms with Crippen molar-refractivity contribution in [3.63, 3.8) is 0 Å². The molecule has 3 nitrogen and oxygen atoms in total. The number of benzene rings is 1. The summed E-state index contributed by atoms with van der Waals surface area (Å²) in [5, 5.41) is 0. The van der Waals surface area contributed by atoms with Gasteiger partial charge in [0.05, 0.1) is 19.4 Å². The summed E-state index contributed by atoms with van der Waals surface area (Å²) in [5.74, 6) is 2.24. The highest BCUT2D eigenvalue weighted by Crippen LogP contribution is 2.29. The fourth-order valence-corrected chi connectivity index (χ4v) is 2.35. The number of hydrogen-bond donors (Lipinski definition) is 1. The lowest BCUT2D eigenvalue weighted by molar-refractivity contribution is 0.209. The van der Waals surface area contributed by atoms with E-state index in [4.69, 9.17) is 15.2 Å². The van der Waals surface area contributed by atoms with Gasteiger partial charge in [0, 0.05) is 6.07 Å². The Morgan fingerprint density at radius 3 is 2.65 bits per heavy atom. The molecule has 94 valence electrons. The van der Waals surface area contributed by atoms with Gasteiger partial charge in [0.1, 0.15) is 11.5 Å². The van der Waals surface area contributed by atoms with Gasteiger partial charge in [-0.1, -0.05) is 19.3 Å². The summed E-state index contributed by atoms with van der Waals surface area (Å²) in [5.41, 5.74) is 6.56. The van der Waals surface area contributed by atoms with Crippen LogP contribution in [0, 0.1) is 5.92 Å². The van der Waals surface area contributed by atoms with E-state index in [9.17, 15) is 0 Å². The van der Waals surface area contributed by atoms with E-state index in [0.717, 1.165) is 18.1 Å². The lowest BCUT2D eigenvalue weighted by atomic mass is 9.90. The molecule has 0 aromatic heterocycles. The van der Waals surface area contributed by atoms with Crippen LogP contribution >= 0.6 is 0 Å². The Morgan fingerprint density at radius 2 is 2.00 bits per heavy atom. The summed E-state index contributed by atoms with van der Waals surface area (Å²) in [6.07, 6.45) is 6.63. The van der Waals surface area contributed by atoms with E-state index < -0.39 is 0 Å². The number of hydrogen-bond acceptors (Lipinski definition) is 3. The van der Waals surface area contributed by atoms with Crippen molar-refractivity contribution < 1.29 is 9.47 Å². The normalized spacial score (nSPS) is 16.8. The molecule has 0 bridgehead atoms. The van der Waals surface area contributed by atoms with E-state index in [1.54, 1.807) is 13.2 Å². The molecular weight excluding hydrogens is 214 g/mol. The summed E-state index contributed by atoms with van der Waals surface area (Å²) >= 11 is 0. The molecule has 1 fully saturated rings. The van der Waals surface area contributed by atoms with Gasteiger partial charge in [-0.15, -0.1) is 0 Å². The molecule has 0 radical (unpaired) electrons. The van der Waals surface area contributed by atoms with Crippen molar-refractivity contribution in [2.24, 2.45) is 5.92 Å². The quantitative estimate of drug-likeness (QED) is 0.815. The van der Waals surface area contributed by atoms with Crippen molar-refractivity contribution in [2.45, 2.75) is 32.1 Å². The maximum absolute atomic E-state index is 5.91. The topological polar surface area (TPSA) is 44.5 Å². The average molecular weight is 235 g/mol. The van der Waals surface area contributed by atoms with E-state index in [1.807, 2.05) is 12.1 Å². The molecule has 0 spiro atoms. The Labute approximate surface area is 103 Å². The molecule has 1 aromatic carbocycles. The second kappa shape index (κ2) is 5.80. The SMILES string of the molecule is COc1ccc(OCC2CCCCC2)c(N)c1. The maximum Gasteiger partial charge on any atom is 0.142 e. The minimum atomic E-state index is 0.653. The van der Waals surface area contributed by atoms with Gasteiger partial charge in [0.2, 0.25) is 0 Å². The van der Waals surface area contributed by atoms with Gasteiger partial charge in [-0.25, -0.2) is 0 Å². The molecule has 0 atom stereocenters. The Hall–Kier alpha value is -1.38. The third kappa shape index (κ3) is 3.29. The summed E-state index contributed by atoms with van der Waals surface area (Å²) in [6, 6.07) is 5.57. The first-order chi connectivity index (χ1) is 8.29. The van der Waals surface area contributed by atoms with Crippen molar-refractivity contribution in [3.05, 3.63) is 18.2 Å². The summed E-state index contributed by atoms with van der Waals surface area (Å²) in [4.78, 5) is 0. The smallest absolute Gasteiger partial charge is 0.142 e. The predicted octanol–water partition coefficient (Wildman–Crippen LogP) is 3.24. The van der Waals surface area contributed by atoms with Crippen LogP contribution in [0.25, 0.3) is 0 Å². The number of methoxy groups -OCH3 is 1. The molecule has 0 saturated heterocycles. The highest BCUT2D eigenvalue weighted by molar-refractivity contribution is 5.56. The lowest BCUT2D eigenvalue weighted by Gasteiger charge is -2.22. The third-order valence-electron chi connectivity index (χ3n) is 3.42. The van der Waals surface area contributed by atoms with Crippen molar-refractivity contribution in [3.8, 4) is 11.5 Å². The average Bonchev–Trinajstić information content (AvgIpc) is 2.38. The van der Waals surface area contributed by atoms with Crippen LogP contribution < -0.4 is 15.2 Å². The zero-order chi connectivity index (χ0) is 12.1. The summed E-state index contributed by atoms with van der Waals surface area (Å²) in [6.45, 7) is 0.788. The molecule has 0 amide bonds. The molecule has 2 N–H and O–H groups in total. The number of ether oxygens (including phenoxy) is 2. The van der Waals surface area contributed by atoms with Gasteiger partial charge < -0.3 is 15.2 Å². The Balaban J connectivity index is 1.89. The highest BCUT2D eigenvalue weighted by atomic mass is 16.5. The molecule has 17 heavy (non-hydrogen) atoms. The summed E-state index contributed by atoms with van der Waals surface area (Å²) in [7, 11) is 1.64. The zero-order valence-electron chi connectivity index (χ0n) is 10.4. The van der Waals surface area contributed by atoms with Crippen LogP contribution in [-0.2, 0) is 0 Å². The second-order valence-corrected chi connectivity index (χ2v) is 4.72. The molecular formula is C14H21NO2. The first-order valence-electron chi connectivity index (χ1n) is 6.36. The van der Waals surface area contributed by atoms with Gasteiger partial charge in [0.15, 0.2) is 0 Å². The molecule has 3 heteroatoms. The number of nitrogens with two attached hydrogens (primary N) is 1. The first kappa shape index (κ1) is 12.1. The van der Waals surface area contributed by atoms with E-state index in [1.165, 1.54) is 32.1 Å². The van der Waals surface area contributed by atoms with E-state index in [-0.39, 0.29) is 0 Å². The third-order valence-corrected chi connectivity index (χ3v) is 3.42. The van der Waals surface area contributed by atoms with Crippen molar-refractivity contribution in [1.82, 2.24) is 0 Å². The Kier molecular flexibility index (Phi) is 4.13. The van der Waals surface area contributed by atoms with Gasteiger partial charge in [-0.3, -0.25) is 0 Å². The monoisotopic (exact) mass is 235 g/mol. The van der Waals surface area contributed by atoms with Crippen molar-refractivity contribution in [1.29, 1.82) is 0 Å². The van der Waals surface area contributed by atoms with Crippen LogP contribution in [0.3, 0.4) is 0 Å². The fraction of sp³-hybridized carbons (Fsp3) is 0.571. The molecule has 1 aliphatic rings. The van der Waals surface area contributed by atoms with Crippen LogP contribution in [-0.4, -0.2) is 13.7 Å². The highest BCUT2D eigenvalue weighted by Gasteiger charge is 2.14. The molecule has 1 aromatic rings. The molecule has 0 unspecified atom stereocenters. The standard InChI is InChI=1S/C14H21NO2/c1-16-12-7-8-14(13(15)9-12)17-10-11-5-3-2-4-6-11/h7-9,11H,2-6,10,15H2,1H3. The molecule has 2 rings (SSSR count). The largest absolute Gasteiger partial charge is 0.497 e. The van der Waals surface area contributed by atoms with Crippen LogP contribution in [0.5, 0.6) is 11.5 Å². The molecule has 1 saturated carbocycles. The van der Waals surface area contributed by atoms with Gasteiger partial charge in [0.25, 0.3) is 0 Å². The van der Waals surface area contributed by atoms with E-state index >= 15 is 0 Å². The minimum Gasteiger partial charge on any atom is -0.497 e. The number of anilines is 1. The predicted molar refractivity (Wildman–Crippen MR) is 69.5 cm³/mol. The fourth-order valence-electron chi connectivity index (χ4n) is 2.35. The Morgan fingerprint density at radius 1 is 1.24 bits per heavy atom. The van der Waals surface area contributed by atoms with E-state index in [2.05, 4.69) is 0 Å². The van der Waals surface area contributed by atoms with E-state index in [0.29, 0.717) is 11.6 Å². The second-order valence-electron chi connectivity index (χ2n) is 4.72. The lowest BCUT2D eigenvalue weighted by Crippen LogP contribution is -2.15. The van der Waals surface area contributed by atoms with Gasteiger partial charge in [-0.2, -0.15) is 0 Å². The van der Waals surface area contributed by atoms with Crippen molar-refractivity contribution >= 4 is 5.69 Å².